The van der Waals surface area contributed by atoms with Crippen molar-refractivity contribution >= 4 is 5.97 Å². The second-order valence-electron chi connectivity index (χ2n) is 5.61. The minimum Gasteiger partial charge on any atom is -0.489 e. The molecule has 0 bridgehead atoms. The first-order valence-electron chi connectivity index (χ1n) is 7.68. The van der Waals surface area contributed by atoms with E-state index in [4.69, 9.17) is 14.2 Å². The Labute approximate surface area is 137 Å². The van der Waals surface area contributed by atoms with Crippen molar-refractivity contribution in [3.8, 4) is 11.5 Å². The Bertz CT molecular complexity index is 591. The van der Waals surface area contributed by atoms with Crippen molar-refractivity contribution in [2.45, 2.75) is 20.5 Å². The molecule has 4 heteroatoms. The van der Waals surface area contributed by atoms with Crippen LogP contribution in [0.5, 0.6) is 11.5 Å². The van der Waals surface area contributed by atoms with Gasteiger partial charge in [-0.1, -0.05) is 44.2 Å². The Morgan fingerprint density at radius 3 is 2.13 bits per heavy atom. The average molecular weight is 314 g/mol. The van der Waals surface area contributed by atoms with Crippen molar-refractivity contribution < 1.29 is 19.0 Å². The maximum absolute atomic E-state index is 11.5. The lowest BCUT2D eigenvalue weighted by Crippen LogP contribution is -2.17. The molecule has 0 aliphatic heterocycles. The van der Waals surface area contributed by atoms with Crippen LogP contribution in [0.4, 0.5) is 0 Å². The van der Waals surface area contributed by atoms with Gasteiger partial charge < -0.3 is 14.2 Å². The number of benzene rings is 2. The van der Waals surface area contributed by atoms with Crippen LogP contribution in [0.25, 0.3) is 0 Å². The fourth-order valence-corrected chi connectivity index (χ4v) is 1.82. The first-order valence-corrected chi connectivity index (χ1v) is 7.68. The van der Waals surface area contributed by atoms with Crippen LogP contribution in [0, 0.1) is 5.92 Å². The molecule has 0 aliphatic rings. The van der Waals surface area contributed by atoms with E-state index in [1.54, 1.807) is 12.1 Å². The lowest BCUT2D eigenvalue weighted by molar-refractivity contribution is -0.147. The van der Waals surface area contributed by atoms with Crippen LogP contribution in [0.3, 0.4) is 0 Å². The number of hydrogen-bond acceptors (Lipinski definition) is 4. The molecule has 0 unspecified atom stereocenters. The number of carbonyl (C=O) groups is 1. The third kappa shape index (κ3) is 6.43. The van der Waals surface area contributed by atoms with Crippen molar-refractivity contribution in [3.05, 3.63) is 60.2 Å². The van der Waals surface area contributed by atoms with Gasteiger partial charge in [-0.05, 0) is 35.7 Å². The van der Waals surface area contributed by atoms with E-state index < -0.39 is 0 Å². The summed E-state index contributed by atoms with van der Waals surface area (Å²) >= 11 is 0. The molecule has 0 atom stereocenters. The predicted octanol–water partition coefficient (Wildman–Crippen LogP) is 3.84. The van der Waals surface area contributed by atoms with Gasteiger partial charge in [-0.2, -0.15) is 0 Å². The molecule has 0 radical (unpaired) electrons. The first-order chi connectivity index (χ1) is 11.1. The van der Waals surface area contributed by atoms with Gasteiger partial charge in [-0.3, -0.25) is 0 Å². The molecule has 0 spiro atoms. The third-order valence-corrected chi connectivity index (χ3v) is 3.01. The lowest BCUT2D eigenvalue weighted by Gasteiger charge is -2.10. The van der Waals surface area contributed by atoms with E-state index in [0.29, 0.717) is 24.9 Å². The smallest absolute Gasteiger partial charge is 0.344 e. The molecule has 2 aromatic carbocycles. The van der Waals surface area contributed by atoms with Crippen LogP contribution >= 0.6 is 0 Å². The molecule has 23 heavy (non-hydrogen) atoms. The first kappa shape index (κ1) is 16.9. The number of esters is 1. The molecule has 0 N–H and O–H groups in total. The van der Waals surface area contributed by atoms with E-state index in [0.717, 1.165) is 11.3 Å². The van der Waals surface area contributed by atoms with Crippen LogP contribution < -0.4 is 9.47 Å². The lowest BCUT2D eigenvalue weighted by atomic mass is 10.2. The zero-order chi connectivity index (χ0) is 16.5. The molecular formula is C19H22O4. The van der Waals surface area contributed by atoms with Gasteiger partial charge >= 0.3 is 5.97 Å². The maximum Gasteiger partial charge on any atom is 0.344 e. The molecule has 0 saturated carbocycles. The average Bonchev–Trinajstić information content (AvgIpc) is 2.58. The van der Waals surface area contributed by atoms with Crippen molar-refractivity contribution in [2.24, 2.45) is 5.92 Å². The summed E-state index contributed by atoms with van der Waals surface area (Å²) in [7, 11) is 0. The van der Waals surface area contributed by atoms with Gasteiger partial charge in [0.15, 0.2) is 6.61 Å². The molecular weight excluding hydrogens is 292 g/mol. The van der Waals surface area contributed by atoms with Crippen molar-refractivity contribution in [3.63, 3.8) is 0 Å². The van der Waals surface area contributed by atoms with Crippen LogP contribution in [0.15, 0.2) is 54.6 Å². The molecule has 0 saturated heterocycles. The number of rotatable bonds is 8. The SMILES string of the molecule is CC(C)COC(=O)COc1ccc(OCc2ccccc2)cc1. The van der Waals surface area contributed by atoms with Gasteiger partial charge in [0.05, 0.1) is 6.61 Å². The fraction of sp³-hybridized carbons (Fsp3) is 0.316. The van der Waals surface area contributed by atoms with Crippen molar-refractivity contribution in [1.82, 2.24) is 0 Å². The largest absolute Gasteiger partial charge is 0.489 e. The summed E-state index contributed by atoms with van der Waals surface area (Å²) in [5.41, 5.74) is 1.11. The molecule has 2 aromatic rings. The van der Waals surface area contributed by atoms with Crippen LogP contribution in [0.2, 0.25) is 0 Å². The highest BCUT2D eigenvalue weighted by Gasteiger charge is 2.06. The zero-order valence-corrected chi connectivity index (χ0v) is 13.5. The minimum absolute atomic E-state index is 0.0864. The van der Waals surface area contributed by atoms with E-state index >= 15 is 0 Å². The minimum atomic E-state index is -0.358. The second kappa shape index (κ2) is 8.83. The van der Waals surface area contributed by atoms with E-state index in [2.05, 4.69) is 0 Å². The Balaban J connectivity index is 1.75. The Morgan fingerprint density at radius 1 is 0.913 bits per heavy atom. The Hall–Kier alpha value is -2.49. The standard InChI is InChI=1S/C19H22O4/c1-15(2)12-23-19(20)14-22-18-10-8-17(9-11-18)21-13-16-6-4-3-5-7-16/h3-11,15H,12-14H2,1-2H3. The van der Waals surface area contributed by atoms with Gasteiger partial charge in [0.25, 0.3) is 0 Å². The number of hydrogen-bond donors (Lipinski definition) is 0. The number of carbonyl (C=O) groups excluding carboxylic acids is 1. The second-order valence-corrected chi connectivity index (χ2v) is 5.61. The summed E-state index contributed by atoms with van der Waals surface area (Å²) in [6.07, 6.45) is 0. The molecule has 0 aliphatic carbocycles. The van der Waals surface area contributed by atoms with Gasteiger partial charge in [0, 0.05) is 0 Å². The van der Waals surface area contributed by atoms with Gasteiger partial charge in [-0.15, -0.1) is 0 Å². The monoisotopic (exact) mass is 314 g/mol. The highest BCUT2D eigenvalue weighted by atomic mass is 16.6. The van der Waals surface area contributed by atoms with Crippen LogP contribution in [0.1, 0.15) is 19.4 Å². The maximum atomic E-state index is 11.5. The van der Waals surface area contributed by atoms with Gasteiger partial charge in [0.1, 0.15) is 18.1 Å². The van der Waals surface area contributed by atoms with Crippen molar-refractivity contribution in [2.75, 3.05) is 13.2 Å². The van der Waals surface area contributed by atoms with Crippen LogP contribution in [-0.4, -0.2) is 19.2 Å². The predicted molar refractivity (Wildman–Crippen MR) is 88.5 cm³/mol. The quantitative estimate of drug-likeness (QED) is 0.694. The van der Waals surface area contributed by atoms with E-state index in [9.17, 15) is 4.79 Å². The van der Waals surface area contributed by atoms with Crippen molar-refractivity contribution in [1.29, 1.82) is 0 Å². The molecule has 0 fully saturated rings. The summed E-state index contributed by atoms with van der Waals surface area (Å²) in [4.78, 5) is 11.5. The topological polar surface area (TPSA) is 44.8 Å². The van der Waals surface area contributed by atoms with Gasteiger partial charge in [0.2, 0.25) is 0 Å². The Kier molecular flexibility index (Phi) is 6.48. The fourth-order valence-electron chi connectivity index (χ4n) is 1.82. The summed E-state index contributed by atoms with van der Waals surface area (Å²) in [5.74, 6) is 1.32. The summed E-state index contributed by atoms with van der Waals surface area (Å²) in [6.45, 7) is 4.82. The van der Waals surface area contributed by atoms with E-state index in [1.165, 1.54) is 0 Å². The molecule has 2 rings (SSSR count). The zero-order valence-electron chi connectivity index (χ0n) is 13.5. The summed E-state index contributed by atoms with van der Waals surface area (Å²) in [6, 6.07) is 17.1. The Morgan fingerprint density at radius 2 is 1.52 bits per heavy atom. The normalized spacial score (nSPS) is 10.4. The van der Waals surface area contributed by atoms with E-state index in [-0.39, 0.29) is 12.6 Å². The highest BCUT2D eigenvalue weighted by Crippen LogP contribution is 2.18. The molecule has 122 valence electrons. The summed E-state index contributed by atoms with van der Waals surface area (Å²) in [5, 5.41) is 0. The van der Waals surface area contributed by atoms with Gasteiger partial charge in [-0.25, -0.2) is 4.79 Å². The summed E-state index contributed by atoms with van der Waals surface area (Å²) < 4.78 is 16.1. The highest BCUT2D eigenvalue weighted by molar-refractivity contribution is 5.71. The molecule has 4 nitrogen and oxygen atoms in total. The van der Waals surface area contributed by atoms with E-state index in [1.807, 2.05) is 56.3 Å². The molecule has 0 heterocycles. The van der Waals surface area contributed by atoms with Crippen LogP contribution in [-0.2, 0) is 16.1 Å². The molecule has 0 amide bonds. The third-order valence-electron chi connectivity index (χ3n) is 3.01. The number of ether oxygens (including phenoxy) is 3. The molecule has 0 aromatic heterocycles.